The molecule has 2 aliphatic heterocycles. The minimum atomic E-state index is -3.39. The number of hydrogen-bond donors (Lipinski definition) is 0. The number of nitrogens with zero attached hydrogens (tertiary/aromatic N) is 1. The fourth-order valence-electron chi connectivity index (χ4n) is 3.54. The van der Waals surface area contributed by atoms with Crippen LogP contribution in [-0.2, 0) is 10.0 Å². The summed E-state index contributed by atoms with van der Waals surface area (Å²) < 4.78 is 32.7. The van der Waals surface area contributed by atoms with E-state index in [-0.39, 0.29) is 12.1 Å². The molecule has 21 heavy (non-hydrogen) atoms. The maximum Gasteiger partial charge on any atom is 0.243 e. The van der Waals surface area contributed by atoms with Crippen LogP contribution in [0.1, 0.15) is 25.7 Å². The standard InChI is InChI=1S/C15H21NO3S2/c1-19-13-5-7-15(8-6-13)21(17,18)16-11-3-4-12(16)10-14(9-11)20-2/h5-8,11-12,14H,3-4,9-10H2,1-2H3. The molecule has 0 aliphatic carbocycles. The predicted molar refractivity (Wildman–Crippen MR) is 85.4 cm³/mol. The summed E-state index contributed by atoms with van der Waals surface area (Å²) in [5.41, 5.74) is 0. The van der Waals surface area contributed by atoms with Gasteiger partial charge in [0, 0.05) is 17.3 Å². The van der Waals surface area contributed by atoms with E-state index in [2.05, 4.69) is 6.26 Å². The van der Waals surface area contributed by atoms with Gasteiger partial charge < -0.3 is 4.74 Å². The van der Waals surface area contributed by atoms with E-state index in [0.29, 0.717) is 15.9 Å². The Kier molecular flexibility index (Phi) is 4.21. The lowest BCUT2D eigenvalue weighted by Gasteiger charge is -2.37. The van der Waals surface area contributed by atoms with Gasteiger partial charge in [-0.3, -0.25) is 0 Å². The van der Waals surface area contributed by atoms with Gasteiger partial charge in [-0.25, -0.2) is 8.42 Å². The van der Waals surface area contributed by atoms with E-state index in [0.717, 1.165) is 25.7 Å². The molecule has 2 saturated heterocycles. The summed E-state index contributed by atoms with van der Waals surface area (Å²) in [6.07, 6.45) is 6.08. The van der Waals surface area contributed by atoms with Gasteiger partial charge in [-0.05, 0) is 56.2 Å². The van der Waals surface area contributed by atoms with E-state index >= 15 is 0 Å². The second-order valence-corrected chi connectivity index (χ2v) is 8.71. The molecular weight excluding hydrogens is 306 g/mol. The Morgan fingerprint density at radius 1 is 1.14 bits per heavy atom. The van der Waals surface area contributed by atoms with Crippen molar-refractivity contribution in [3.63, 3.8) is 0 Å². The van der Waals surface area contributed by atoms with Gasteiger partial charge in [0.1, 0.15) is 5.75 Å². The number of rotatable bonds is 4. The van der Waals surface area contributed by atoms with Gasteiger partial charge in [0.25, 0.3) is 0 Å². The van der Waals surface area contributed by atoms with Crippen LogP contribution < -0.4 is 4.74 Å². The molecule has 0 amide bonds. The maximum atomic E-state index is 12.9. The van der Waals surface area contributed by atoms with Crippen molar-refractivity contribution in [1.82, 2.24) is 4.31 Å². The van der Waals surface area contributed by atoms with E-state index in [4.69, 9.17) is 4.74 Å². The average Bonchev–Trinajstić information content (AvgIpc) is 2.79. The summed E-state index contributed by atoms with van der Waals surface area (Å²) in [5.74, 6) is 0.679. The molecule has 0 aromatic heterocycles. The summed E-state index contributed by atoms with van der Waals surface area (Å²) in [6, 6.07) is 7.07. The maximum absolute atomic E-state index is 12.9. The van der Waals surface area contributed by atoms with Crippen LogP contribution >= 0.6 is 11.8 Å². The van der Waals surface area contributed by atoms with Crippen LogP contribution in [0.25, 0.3) is 0 Å². The van der Waals surface area contributed by atoms with Crippen molar-refractivity contribution < 1.29 is 13.2 Å². The number of benzene rings is 1. The highest BCUT2D eigenvalue weighted by atomic mass is 32.2. The molecule has 2 atom stereocenters. The zero-order valence-electron chi connectivity index (χ0n) is 12.4. The first kappa shape index (κ1) is 15.2. The summed E-state index contributed by atoms with van der Waals surface area (Å²) >= 11 is 1.87. The molecule has 0 saturated carbocycles. The first-order valence-corrected chi connectivity index (χ1v) is 9.99. The molecule has 0 N–H and O–H groups in total. The zero-order chi connectivity index (χ0) is 15.0. The number of methoxy groups -OCH3 is 1. The first-order chi connectivity index (χ1) is 10.1. The van der Waals surface area contributed by atoms with Crippen molar-refractivity contribution in [2.75, 3.05) is 13.4 Å². The monoisotopic (exact) mass is 327 g/mol. The van der Waals surface area contributed by atoms with E-state index < -0.39 is 10.0 Å². The highest BCUT2D eigenvalue weighted by Gasteiger charge is 2.46. The van der Waals surface area contributed by atoms with Gasteiger partial charge in [0.2, 0.25) is 10.0 Å². The first-order valence-electron chi connectivity index (χ1n) is 7.26. The van der Waals surface area contributed by atoms with Gasteiger partial charge in [-0.15, -0.1) is 0 Å². The molecule has 1 aromatic rings. The molecule has 2 unspecified atom stereocenters. The van der Waals surface area contributed by atoms with Crippen molar-refractivity contribution in [2.24, 2.45) is 0 Å². The van der Waals surface area contributed by atoms with E-state index in [1.807, 2.05) is 11.8 Å². The minimum Gasteiger partial charge on any atom is -0.497 e. The molecule has 2 bridgehead atoms. The summed E-state index contributed by atoms with van der Waals surface area (Å²) in [4.78, 5) is 0.378. The quantitative estimate of drug-likeness (QED) is 0.853. The van der Waals surface area contributed by atoms with Crippen LogP contribution in [0.4, 0.5) is 0 Å². The van der Waals surface area contributed by atoms with Gasteiger partial charge in [-0.1, -0.05) is 0 Å². The SMILES string of the molecule is COc1ccc(S(=O)(=O)N2C3CCC2CC(SC)C3)cc1. The van der Waals surface area contributed by atoms with Gasteiger partial charge in [0.05, 0.1) is 12.0 Å². The molecule has 2 fully saturated rings. The average molecular weight is 327 g/mol. The topological polar surface area (TPSA) is 46.6 Å². The molecule has 0 radical (unpaired) electrons. The lowest BCUT2D eigenvalue weighted by Crippen LogP contribution is -2.47. The third kappa shape index (κ3) is 2.69. The van der Waals surface area contributed by atoms with Crippen LogP contribution in [0.2, 0.25) is 0 Å². The fourth-order valence-corrected chi connectivity index (χ4v) is 6.26. The Morgan fingerprint density at radius 2 is 1.71 bits per heavy atom. The molecule has 4 nitrogen and oxygen atoms in total. The Labute approximate surface area is 130 Å². The number of ether oxygens (including phenoxy) is 1. The predicted octanol–water partition coefficient (Wildman–Crippen LogP) is 2.74. The Hall–Kier alpha value is -0.720. The third-order valence-corrected chi connectivity index (χ3v) is 7.66. The lowest BCUT2D eigenvalue weighted by molar-refractivity contribution is 0.253. The Morgan fingerprint density at radius 3 is 2.19 bits per heavy atom. The smallest absolute Gasteiger partial charge is 0.243 e. The highest BCUT2D eigenvalue weighted by Crippen LogP contribution is 2.42. The molecule has 3 rings (SSSR count). The summed E-state index contributed by atoms with van der Waals surface area (Å²) in [5, 5.41) is 0.602. The van der Waals surface area contributed by atoms with Crippen molar-refractivity contribution in [1.29, 1.82) is 0 Å². The Bertz CT molecular complexity index is 586. The van der Waals surface area contributed by atoms with E-state index in [9.17, 15) is 8.42 Å². The van der Waals surface area contributed by atoms with Crippen LogP contribution in [0.5, 0.6) is 5.75 Å². The molecular formula is C15H21NO3S2. The third-order valence-electron chi connectivity index (χ3n) is 4.59. The highest BCUT2D eigenvalue weighted by molar-refractivity contribution is 7.99. The van der Waals surface area contributed by atoms with Crippen LogP contribution in [0.3, 0.4) is 0 Å². The largest absolute Gasteiger partial charge is 0.497 e. The number of thioether (sulfide) groups is 1. The normalized spacial score (nSPS) is 29.5. The number of fused-ring (bicyclic) bond motifs is 2. The zero-order valence-corrected chi connectivity index (χ0v) is 14.0. The molecule has 116 valence electrons. The number of sulfonamides is 1. The van der Waals surface area contributed by atoms with Crippen LogP contribution in [0, 0.1) is 0 Å². The second kappa shape index (κ2) is 5.82. The van der Waals surface area contributed by atoms with Crippen molar-refractivity contribution in [2.45, 2.75) is 47.9 Å². The van der Waals surface area contributed by atoms with Gasteiger partial charge >= 0.3 is 0 Å². The van der Waals surface area contributed by atoms with E-state index in [1.165, 1.54) is 0 Å². The second-order valence-electron chi connectivity index (χ2n) is 5.72. The van der Waals surface area contributed by atoms with Crippen molar-refractivity contribution in [3.8, 4) is 5.75 Å². The minimum absolute atomic E-state index is 0.174. The fraction of sp³-hybridized carbons (Fsp3) is 0.600. The van der Waals surface area contributed by atoms with Crippen molar-refractivity contribution in [3.05, 3.63) is 24.3 Å². The Balaban J connectivity index is 1.88. The summed E-state index contributed by atoms with van der Waals surface area (Å²) in [6.45, 7) is 0. The summed E-state index contributed by atoms with van der Waals surface area (Å²) in [7, 11) is -1.81. The molecule has 2 heterocycles. The molecule has 6 heteroatoms. The number of hydrogen-bond acceptors (Lipinski definition) is 4. The molecule has 1 aromatic carbocycles. The number of piperidine rings is 1. The van der Waals surface area contributed by atoms with Crippen LogP contribution in [-0.4, -0.2) is 43.4 Å². The van der Waals surface area contributed by atoms with E-state index in [1.54, 1.807) is 35.7 Å². The van der Waals surface area contributed by atoms with Crippen molar-refractivity contribution >= 4 is 21.8 Å². The van der Waals surface area contributed by atoms with Gasteiger partial charge in [0.15, 0.2) is 0 Å². The molecule has 0 spiro atoms. The van der Waals surface area contributed by atoms with Gasteiger partial charge in [-0.2, -0.15) is 16.1 Å². The van der Waals surface area contributed by atoms with Crippen LogP contribution in [0.15, 0.2) is 29.2 Å². The molecule has 2 aliphatic rings. The lowest BCUT2D eigenvalue weighted by atomic mass is 10.1.